The van der Waals surface area contributed by atoms with Crippen molar-refractivity contribution in [2.45, 2.75) is 6.54 Å². The Morgan fingerprint density at radius 3 is 1.80 bits per heavy atom. The number of hydrogen-bond donors (Lipinski definition) is 2. The van der Waals surface area contributed by atoms with E-state index in [-0.39, 0.29) is 53.1 Å². The Kier molecular flexibility index (Phi) is 14.2. The van der Waals surface area contributed by atoms with Crippen LogP contribution in [0.5, 0.6) is 11.5 Å². The molecule has 15 heteroatoms. The quantitative estimate of drug-likeness (QED) is 0.0852. The highest BCUT2D eigenvalue weighted by atomic mass is 19.1. The highest BCUT2D eigenvalue weighted by Gasteiger charge is 2.25. The molecule has 0 aliphatic carbocycles. The minimum atomic E-state index is -0.720. The summed E-state index contributed by atoms with van der Waals surface area (Å²) in [5, 5.41) is 2.82. The summed E-state index contributed by atoms with van der Waals surface area (Å²) in [4.78, 5) is 43.5. The van der Waals surface area contributed by atoms with Gasteiger partial charge in [0.1, 0.15) is 5.82 Å². The Balaban J connectivity index is 1.62. The summed E-state index contributed by atoms with van der Waals surface area (Å²) in [5.74, 6) is -2.84. The fraction of sp³-hybridized carbons (Fsp3) is 0.268. The summed E-state index contributed by atoms with van der Waals surface area (Å²) in [6.07, 6.45) is 0. The first kappa shape index (κ1) is 41.0. The normalized spacial score (nSPS) is 10.9. The zero-order valence-corrected chi connectivity index (χ0v) is 31.4. The fourth-order valence-electron chi connectivity index (χ4n) is 5.86. The SMILES string of the molecule is COC(=O)c1cc(C(=O)OC)cc(-c2nc(-c3ccc(OC)c(F)c3)c(-c3ccc(OC)c(F)c3)n2Cc2ccc(C(=O)NCCOCCOCCN)cc2)c1. The lowest BCUT2D eigenvalue weighted by atomic mass is 10.0. The van der Waals surface area contributed by atoms with E-state index in [2.05, 4.69) is 5.32 Å². The Bertz CT molecular complexity index is 2140. The van der Waals surface area contributed by atoms with Crippen LogP contribution in [0.1, 0.15) is 36.6 Å². The van der Waals surface area contributed by atoms with Gasteiger partial charge in [-0.05, 0) is 72.3 Å². The van der Waals surface area contributed by atoms with Crippen LogP contribution in [0.4, 0.5) is 8.78 Å². The Morgan fingerprint density at radius 2 is 1.25 bits per heavy atom. The van der Waals surface area contributed by atoms with Crippen LogP contribution in [0.25, 0.3) is 33.9 Å². The van der Waals surface area contributed by atoms with Gasteiger partial charge >= 0.3 is 11.9 Å². The maximum Gasteiger partial charge on any atom is 0.337 e. The number of nitrogens with one attached hydrogen (secondary N) is 1. The predicted molar refractivity (Wildman–Crippen MR) is 203 cm³/mol. The minimum Gasteiger partial charge on any atom is -0.494 e. The van der Waals surface area contributed by atoms with Gasteiger partial charge in [-0.15, -0.1) is 0 Å². The van der Waals surface area contributed by atoms with E-state index in [9.17, 15) is 14.4 Å². The molecule has 294 valence electrons. The molecule has 56 heavy (non-hydrogen) atoms. The molecule has 0 atom stereocenters. The van der Waals surface area contributed by atoms with Crippen LogP contribution in [-0.2, 0) is 25.5 Å². The number of ether oxygens (including phenoxy) is 6. The third-order valence-corrected chi connectivity index (χ3v) is 8.57. The topological polar surface area (TPSA) is 162 Å². The average molecular weight is 773 g/mol. The highest BCUT2D eigenvalue weighted by molar-refractivity contribution is 5.98. The summed E-state index contributed by atoms with van der Waals surface area (Å²) in [5.41, 5.74) is 8.16. The zero-order chi connectivity index (χ0) is 40.2. The van der Waals surface area contributed by atoms with Gasteiger partial charge in [0.2, 0.25) is 0 Å². The van der Waals surface area contributed by atoms with Crippen LogP contribution in [0.15, 0.2) is 78.9 Å². The number of nitrogens with two attached hydrogens (primary N) is 1. The molecule has 0 bridgehead atoms. The van der Waals surface area contributed by atoms with Crippen LogP contribution in [0.3, 0.4) is 0 Å². The van der Waals surface area contributed by atoms with Gasteiger partial charge in [0.25, 0.3) is 5.91 Å². The van der Waals surface area contributed by atoms with Crippen molar-refractivity contribution in [3.05, 3.63) is 113 Å². The molecule has 1 heterocycles. The van der Waals surface area contributed by atoms with Crippen LogP contribution >= 0.6 is 0 Å². The Hall–Kier alpha value is -6.16. The molecule has 0 saturated carbocycles. The third-order valence-electron chi connectivity index (χ3n) is 8.57. The molecular formula is C41H42F2N4O9. The van der Waals surface area contributed by atoms with Crippen LogP contribution in [0, 0.1) is 11.6 Å². The molecule has 0 aliphatic rings. The maximum absolute atomic E-state index is 15.4. The molecule has 4 aromatic carbocycles. The van der Waals surface area contributed by atoms with Crippen molar-refractivity contribution < 1.29 is 51.6 Å². The number of nitrogens with zero attached hydrogens (tertiary/aromatic N) is 2. The summed E-state index contributed by atoms with van der Waals surface area (Å²) < 4.78 is 63.4. The predicted octanol–water partition coefficient (Wildman–Crippen LogP) is 5.52. The number of benzene rings is 4. The van der Waals surface area contributed by atoms with Crippen molar-refractivity contribution in [2.75, 3.05) is 68.0 Å². The van der Waals surface area contributed by atoms with E-state index in [1.54, 1.807) is 41.0 Å². The van der Waals surface area contributed by atoms with E-state index < -0.39 is 23.6 Å². The second-order valence-corrected chi connectivity index (χ2v) is 12.2. The minimum absolute atomic E-state index is 0.00235. The van der Waals surface area contributed by atoms with E-state index in [4.69, 9.17) is 39.1 Å². The van der Waals surface area contributed by atoms with Crippen molar-refractivity contribution >= 4 is 17.8 Å². The number of aromatic nitrogens is 2. The molecule has 0 radical (unpaired) electrons. The molecule has 5 aromatic rings. The first-order valence-corrected chi connectivity index (χ1v) is 17.5. The first-order valence-electron chi connectivity index (χ1n) is 17.5. The molecule has 13 nitrogen and oxygen atoms in total. The lowest BCUT2D eigenvalue weighted by molar-refractivity contribution is 0.0511. The van der Waals surface area contributed by atoms with Crippen molar-refractivity contribution in [3.8, 4) is 45.4 Å². The first-order chi connectivity index (χ1) is 27.1. The lowest BCUT2D eigenvalue weighted by Crippen LogP contribution is -2.27. The average Bonchev–Trinajstić information content (AvgIpc) is 3.59. The Morgan fingerprint density at radius 1 is 0.679 bits per heavy atom. The largest absolute Gasteiger partial charge is 0.494 e. The number of methoxy groups -OCH3 is 4. The van der Waals surface area contributed by atoms with E-state index in [1.807, 2.05) is 0 Å². The van der Waals surface area contributed by atoms with Gasteiger partial charge < -0.3 is 44.0 Å². The van der Waals surface area contributed by atoms with E-state index in [0.717, 1.165) is 0 Å². The van der Waals surface area contributed by atoms with Gasteiger partial charge in [-0.3, -0.25) is 4.79 Å². The zero-order valence-electron chi connectivity index (χ0n) is 31.4. The summed E-state index contributed by atoms with van der Waals surface area (Å²) in [6, 6.07) is 19.8. The standard InChI is InChI=1S/C41H42F2N4O9/c1-51-34-11-9-27(22-32(34)42)36-37(28-10-12-35(52-2)33(43)23-28)47(38(46-36)29-19-30(40(49)53-3)21-31(20-29)41(50)54-4)24-25-5-7-26(8-6-25)39(48)45-14-16-56-18-17-55-15-13-44/h5-12,19-23H,13-18,24,44H2,1-4H3,(H,45,48). The second kappa shape index (κ2) is 19.4. The third kappa shape index (κ3) is 9.73. The fourth-order valence-corrected chi connectivity index (χ4v) is 5.86. The molecular weight excluding hydrogens is 730 g/mol. The lowest BCUT2D eigenvalue weighted by Gasteiger charge is -2.16. The number of carbonyl (C=O) groups excluding carboxylic acids is 3. The molecule has 0 fully saturated rings. The van der Waals surface area contributed by atoms with Gasteiger partial charge in [0.15, 0.2) is 23.1 Å². The molecule has 0 aliphatic heterocycles. The van der Waals surface area contributed by atoms with Crippen LogP contribution in [-0.4, -0.2) is 95.4 Å². The molecule has 3 N–H and O–H groups in total. The maximum atomic E-state index is 15.4. The van der Waals surface area contributed by atoms with Gasteiger partial charge in [-0.1, -0.05) is 12.1 Å². The molecule has 0 spiro atoms. The monoisotopic (exact) mass is 772 g/mol. The van der Waals surface area contributed by atoms with Crippen molar-refractivity contribution in [2.24, 2.45) is 5.73 Å². The molecule has 0 unspecified atom stereocenters. The highest BCUT2D eigenvalue weighted by Crippen LogP contribution is 2.39. The number of carbonyl (C=O) groups is 3. The smallest absolute Gasteiger partial charge is 0.337 e. The number of imidazole rings is 1. The number of halogens is 2. The van der Waals surface area contributed by atoms with E-state index >= 15 is 8.78 Å². The van der Waals surface area contributed by atoms with Crippen molar-refractivity contribution in [3.63, 3.8) is 0 Å². The van der Waals surface area contributed by atoms with Crippen molar-refractivity contribution in [1.82, 2.24) is 14.9 Å². The van der Waals surface area contributed by atoms with Gasteiger partial charge in [-0.2, -0.15) is 0 Å². The van der Waals surface area contributed by atoms with Gasteiger partial charge in [0, 0.05) is 41.9 Å². The van der Waals surface area contributed by atoms with E-state index in [1.165, 1.54) is 70.9 Å². The van der Waals surface area contributed by atoms with E-state index in [0.29, 0.717) is 66.5 Å². The number of rotatable bonds is 18. The second-order valence-electron chi connectivity index (χ2n) is 12.2. The summed E-state index contributed by atoms with van der Waals surface area (Å²) in [7, 11) is 5.10. The molecule has 1 aromatic heterocycles. The van der Waals surface area contributed by atoms with Crippen molar-refractivity contribution in [1.29, 1.82) is 0 Å². The Labute approximate surface area is 322 Å². The number of esters is 2. The molecule has 1 amide bonds. The number of hydrogen-bond acceptors (Lipinski definition) is 11. The summed E-state index contributed by atoms with van der Waals surface area (Å²) >= 11 is 0. The van der Waals surface area contributed by atoms with Gasteiger partial charge in [-0.25, -0.2) is 23.4 Å². The number of amides is 1. The van der Waals surface area contributed by atoms with Crippen LogP contribution < -0.4 is 20.5 Å². The van der Waals surface area contributed by atoms with Gasteiger partial charge in [0.05, 0.1) is 77.4 Å². The van der Waals surface area contributed by atoms with Crippen LogP contribution in [0.2, 0.25) is 0 Å². The molecule has 0 saturated heterocycles. The molecule has 5 rings (SSSR count). The summed E-state index contributed by atoms with van der Waals surface area (Å²) in [6.45, 7) is 2.31.